The molecule has 6 heteroatoms. The molecule has 0 saturated carbocycles. The second kappa shape index (κ2) is 7.79. The van der Waals surface area contributed by atoms with Gasteiger partial charge < -0.3 is 14.6 Å². The number of carboxylic acid groups (broad SMARTS) is 1. The number of methoxy groups -OCH3 is 2. The highest BCUT2D eigenvalue weighted by Crippen LogP contribution is 2.31. The van der Waals surface area contributed by atoms with Crippen LogP contribution in [0.25, 0.3) is 0 Å². The Morgan fingerprint density at radius 1 is 1.33 bits per heavy atom. The van der Waals surface area contributed by atoms with Crippen LogP contribution in [-0.2, 0) is 6.54 Å². The Morgan fingerprint density at radius 2 is 2.08 bits per heavy atom. The summed E-state index contributed by atoms with van der Waals surface area (Å²) in [5.74, 6) is -0.0578. The van der Waals surface area contributed by atoms with Gasteiger partial charge >= 0.3 is 5.97 Å². The first-order chi connectivity index (χ1) is 11.5. The fourth-order valence-corrected chi connectivity index (χ4v) is 2.54. The summed E-state index contributed by atoms with van der Waals surface area (Å²) in [5.41, 5.74) is 1.85. The van der Waals surface area contributed by atoms with E-state index >= 15 is 0 Å². The van der Waals surface area contributed by atoms with Gasteiger partial charge in [0.25, 0.3) is 0 Å². The smallest absolute Gasteiger partial charge is 0.336 e. The molecule has 0 amide bonds. The Balaban J connectivity index is 2.35. The van der Waals surface area contributed by atoms with Crippen molar-refractivity contribution in [1.29, 1.82) is 0 Å². The normalized spacial score (nSPS) is 12.0. The molecule has 0 saturated heterocycles. The maximum absolute atomic E-state index is 11.6. The Bertz CT molecular complexity index is 704. The van der Waals surface area contributed by atoms with Crippen LogP contribution in [0.5, 0.6) is 11.5 Å². The van der Waals surface area contributed by atoms with E-state index in [9.17, 15) is 9.90 Å². The predicted molar refractivity (Wildman–Crippen MR) is 90.6 cm³/mol. The van der Waals surface area contributed by atoms with Crippen LogP contribution in [-0.4, -0.2) is 42.2 Å². The van der Waals surface area contributed by atoms with E-state index in [1.54, 1.807) is 12.3 Å². The summed E-state index contributed by atoms with van der Waals surface area (Å²) < 4.78 is 10.5. The summed E-state index contributed by atoms with van der Waals surface area (Å²) >= 11 is 0. The fraction of sp³-hybridized carbons (Fsp3) is 0.333. The number of aromatic nitrogens is 1. The number of rotatable bonds is 7. The lowest BCUT2D eigenvalue weighted by Crippen LogP contribution is -2.23. The van der Waals surface area contributed by atoms with Crippen LogP contribution in [0, 0.1) is 0 Å². The first-order valence-corrected chi connectivity index (χ1v) is 7.56. The highest BCUT2D eigenvalue weighted by Gasteiger charge is 2.21. The van der Waals surface area contributed by atoms with Crippen LogP contribution >= 0.6 is 0 Å². The van der Waals surface area contributed by atoms with E-state index in [-0.39, 0.29) is 11.6 Å². The highest BCUT2D eigenvalue weighted by molar-refractivity contribution is 5.91. The molecule has 1 aromatic carbocycles. The minimum Gasteiger partial charge on any atom is -0.497 e. The van der Waals surface area contributed by atoms with E-state index in [1.165, 1.54) is 20.3 Å². The average molecular weight is 330 g/mol. The van der Waals surface area contributed by atoms with Crippen LogP contribution in [0.4, 0.5) is 0 Å². The minimum atomic E-state index is -1.01. The van der Waals surface area contributed by atoms with Crippen LogP contribution in [0.2, 0.25) is 0 Å². The zero-order valence-corrected chi connectivity index (χ0v) is 14.3. The molecule has 1 heterocycles. The second-order valence-electron chi connectivity index (χ2n) is 5.54. The number of carbonyl (C=O) groups is 1. The summed E-state index contributed by atoms with van der Waals surface area (Å²) in [4.78, 5) is 17.8. The third kappa shape index (κ3) is 3.83. The molecule has 1 aromatic heterocycles. The number of carboxylic acids is 1. The van der Waals surface area contributed by atoms with Gasteiger partial charge in [-0.25, -0.2) is 4.79 Å². The third-order valence-corrected chi connectivity index (χ3v) is 4.10. The maximum Gasteiger partial charge on any atom is 0.336 e. The summed E-state index contributed by atoms with van der Waals surface area (Å²) in [5, 5.41) is 9.53. The molecule has 0 aliphatic heterocycles. The van der Waals surface area contributed by atoms with Crippen molar-refractivity contribution >= 4 is 5.97 Å². The number of ether oxygens (including phenoxy) is 2. The van der Waals surface area contributed by atoms with Gasteiger partial charge in [0.2, 0.25) is 0 Å². The molecule has 0 aliphatic rings. The summed E-state index contributed by atoms with van der Waals surface area (Å²) in [6.07, 6.45) is 3.54. The first kappa shape index (κ1) is 17.7. The summed E-state index contributed by atoms with van der Waals surface area (Å²) in [6, 6.07) is 7.17. The Morgan fingerprint density at radius 3 is 2.62 bits per heavy atom. The molecule has 1 unspecified atom stereocenters. The number of hydrogen-bond donors (Lipinski definition) is 1. The van der Waals surface area contributed by atoms with Crippen molar-refractivity contribution in [2.75, 3.05) is 21.3 Å². The van der Waals surface area contributed by atoms with Crippen molar-refractivity contribution in [3.05, 3.63) is 53.3 Å². The lowest BCUT2D eigenvalue weighted by atomic mass is 10.0. The van der Waals surface area contributed by atoms with Gasteiger partial charge in [0.05, 0.1) is 19.8 Å². The molecule has 6 nitrogen and oxygen atoms in total. The standard InChI is InChI=1S/C18H22N2O4/c1-12(13-6-5-7-19-10-13)20(2)11-16-15(18(21)22)8-14(23-3)9-17(16)24-4/h5-10,12H,11H2,1-4H3,(H,21,22). The highest BCUT2D eigenvalue weighted by atomic mass is 16.5. The maximum atomic E-state index is 11.6. The van der Waals surface area contributed by atoms with Gasteiger partial charge in [-0.1, -0.05) is 6.07 Å². The van der Waals surface area contributed by atoms with Gasteiger partial charge in [-0.3, -0.25) is 9.88 Å². The van der Waals surface area contributed by atoms with Gasteiger partial charge in [0, 0.05) is 36.6 Å². The molecule has 0 radical (unpaired) electrons. The molecule has 0 bridgehead atoms. The van der Waals surface area contributed by atoms with Crippen LogP contribution in [0.1, 0.15) is 34.5 Å². The van der Waals surface area contributed by atoms with E-state index in [2.05, 4.69) is 4.98 Å². The monoisotopic (exact) mass is 330 g/mol. The molecule has 0 aliphatic carbocycles. The van der Waals surface area contributed by atoms with Crippen molar-refractivity contribution in [1.82, 2.24) is 9.88 Å². The fourth-order valence-electron chi connectivity index (χ4n) is 2.54. The van der Waals surface area contributed by atoms with Crippen molar-refractivity contribution < 1.29 is 19.4 Å². The predicted octanol–water partition coefficient (Wildman–Crippen LogP) is 2.99. The number of benzene rings is 1. The topological polar surface area (TPSA) is 71.9 Å². The largest absolute Gasteiger partial charge is 0.497 e. The van der Waals surface area contributed by atoms with Crippen LogP contribution < -0.4 is 9.47 Å². The molecule has 128 valence electrons. The van der Waals surface area contributed by atoms with Crippen molar-refractivity contribution in [3.8, 4) is 11.5 Å². The molecule has 2 aromatic rings. The van der Waals surface area contributed by atoms with Gasteiger partial charge in [-0.15, -0.1) is 0 Å². The molecule has 1 N–H and O–H groups in total. The van der Waals surface area contributed by atoms with Crippen LogP contribution in [0.3, 0.4) is 0 Å². The van der Waals surface area contributed by atoms with Crippen molar-refractivity contribution in [2.45, 2.75) is 19.5 Å². The second-order valence-corrected chi connectivity index (χ2v) is 5.54. The van der Waals surface area contributed by atoms with Gasteiger partial charge in [-0.2, -0.15) is 0 Å². The van der Waals surface area contributed by atoms with Gasteiger partial charge in [-0.05, 0) is 31.7 Å². The Kier molecular flexibility index (Phi) is 5.76. The summed E-state index contributed by atoms with van der Waals surface area (Å²) in [7, 11) is 4.96. The van der Waals surface area contributed by atoms with Gasteiger partial charge in [0.1, 0.15) is 11.5 Å². The molecule has 2 rings (SSSR count). The number of nitrogens with zero attached hydrogens (tertiary/aromatic N) is 2. The molecule has 1 atom stereocenters. The summed E-state index contributed by atoms with van der Waals surface area (Å²) in [6.45, 7) is 2.47. The van der Waals surface area contributed by atoms with E-state index in [0.29, 0.717) is 23.6 Å². The van der Waals surface area contributed by atoms with E-state index in [0.717, 1.165) is 5.56 Å². The van der Waals surface area contributed by atoms with Crippen LogP contribution in [0.15, 0.2) is 36.7 Å². The third-order valence-electron chi connectivity index (χ3n) is 4.10. The molecule has 24 heavy (non-hydrogen) atoms. The molecular weight excluding hydrogens is 308 g/mol. The Hall–Kier alpha value is -2.60. The zero-order valence-electron chi connectivity index (χ0n) is 14.3. The van der Waals surface area contributed by atoms with E-state index in [4.69, 9.17) is 9.47 Å². The lowest BCUT2D eigenvalue weighted by molar-refractivity contribution is 0.0693. The zero-order chi connectivity index (χ0) is 17.7. The Labute approximate surface area is 141 Å². The molecular formula is C18H22N2O4. The minimum absolute atomic E-state index is 0.0761. The van der Waals surface area contributed by atoms with Gasteiger partial charge in [0.15, 0.2) is 0 Å². The van der Waals surface area contributed by atoms with Crippen molar-refractivity contribution in [2.24, 2.45) is 0 Å². The van der Waals surface area contributed by atoms with E-state index < -0.39 is 5.97 Å². The average Bonchev–Trinajstić information content (AvgIpc) is 2.61. The first-order valence-electron chi connectivity index (χ1n) is 7.56. The van der Waals surface area contributed by atoms with Crippen molar-refractivity contribution in [3.63, 3.8) is 0 Å². The lowest BCUT2D eigenvalue weighted by Gasteiger charge is -2.26. The molecule has 0 fully saturated rings. The SMILES string of the molecule is COc1cc(OC)c(CN(C)C(C)c2cccnc2)c(C(=O)O)c1. The number of aromatic carboxylic acids is 1. The van der Waals surface area contributed by atoms with E-state index in [1.807, 2.05) is 37.2 Å². The number of pyridine rings is 1. The quantitative estimate of drug-likeness (QED) is 0.841. The molecule has 0 spiro atoms. The number of hydrogen-bond acceptors (Lipinski definition) is 5.